The SMILES string of the molecule is C.C=C(C)c1ccccc1.Cc1cc(C)nc(N)c1. The van der Waals surface area contributed by atoms with Crippen molar-refractivity contribution in [2.24, 2.45) is 0 Å². The summed E-state index contributed by atoms with van der Waals surface area (Å²) in [6.07, 6.45) is 0. The fourth-order valence-electron chi connectivity index (χ4n) is 1.60. The van der Waals surface area contributed by atoms with Gasteiger partial charge in [-0.05, 0) is 44.0 Å². The summed E-state index contributed by atoms with van der Waals surface area (Å²) in [6.45, 7) is 9.77. The second kappa shape index (κ2) is 8.09. The van der Waals surface area contributed by atoms with Crippen LogP contribution in [0.25, 0.3) is 5.57 Å². The van der Waals surface area contributed by atoms with Gasteiger partial charge in [0.25, 0.3) is 0 Å². The number of nitrogens with zero attached hydrogens (tertiary/aromatic N) is 1. The van der Waals surface area contributed by atoms with Crippen LogP contribution in [-0.2, 0) is 0 Å². The molecule has 102 valence electrons. The molecule has 2 nitrogen and oxygen atoms in total. The van der Waals surface area contributed by atoms with Gasteiger partial charge in [0.2, 0.25) is 0 Å². The summed E-state index contributed by atoms with van der Waals surface area (Å²) in [5.41, 5.74) is 9.94. The smallest absolute Gasteiger partial charge is 0.123 e. The van der Waals surface area contributed by atoms with Crippen molar-refractivity contribution in [2.75, 3.05) is 5.73 Å². The minimum Gasteiger partial charge on any atom is -0.384 e. The molecule has 1 heterocycles. The third-order valence-electron chi connectivity index (χ3n) is 2.38. The Bertz CT molecular complexity index is 466. The molecular weight excluding hydrogens is 232 g/mol. The third kappa shape index (κ3) is 6.41. The molecule has 0 spiro atoms. The van der Waals surface area contributed by atoms with E-state index in [1.54, 1.807) is 0 Å². The number of aromatic nitrogens is 1. The van der Waals surface area contributed by atoms with Gasteiger partial charge in [0.15, 0.2) is 0 Å². The summed E-state index contributed by atoms with van der Waals surface area (Å²) >= 11 is 0. The molecule has 0 unspecified atom stereocenters. The Hall–Kier alpha value is -2.09. The van der Waals surface area contributed by atoms with Crippen LogP contribution < -0.4 is 5.73 Å². The fourth-order valence-corrected chi connectivity index (χ4v) is 1.60. The van der Waals surface area contributed by atoms with E-state index in [-0.39, 0.29) is 7.43 Å². The highest BCUT2D eigenvalue weighted by Gasteiger charge is 1.89. The van der Waals surface area contributed by atoms with Crippen molar-refractivity contribution in [2.45, 2.75) is 28.2 Å². The highest BCUT2D eigenvalue weighted by atomic mass is 14.8. The van der Waals surface area contributed by atoms with E-state index in [9.17, 15) is 0 Å². The first-order chi connectivity index (χ1) is 8.49. The molecule has 2 heteroatoms. The molecule has 0 aliphatic rings. The molecular formula is C17H24N2. The van der Waals surface area contributed by atoms with Crippen molar-refractivity contribution in [3.05, 3.63) is 65.9 Å². The molecule has 1 aromatic heterocycles. The molecule has 0 radical (unpaired) electrons. The van der Waals surface area contributed by atoms with Crippen molar-refractivity contribution in [3.63, 3.8) is 0 Å². The molecule has 0 aliphatic heterocycles. The molecule has 2 rings (SSSR count). The summed E-state index contributed by atoms with van der Waals surface area (Å²) in [6, 6.07) is 14.0. The van der Waals surface area contributed by atoms with Crippen LogP contribution in [0.3, 0.4) is 0 Å². The number of anilines is 1. The van der Waals surface area contributed by atoms with E-state index < -0.39 is 0 Å². The van der Waals surface area contributed by atoms with Crippen LogP contribution in [0.1, 0.15) is 31.2 Å². The molecule has 19 heavy (non-hydrogen) atoms. The Morgan fingerprint density at radius 3 is 2.05 bits per heavy atom. The van der Waals surface area contributed by atoms with Crippen LogP contribution in [0, 0.1) is 13.8 Å². The van der Waals surface area contributed by atoms with Gasteiger partial charge in [-0.1, -0.05) is 49.9 Å². The normalized spacial score (nSPS) is 8.79. The number of hydrogen-bond acceptors (Lipinski definition) is 2. The zero-order chi connectivity index (χ0) is 13.5. The lowest BCUT2D eigenvalue weighted by Gasteiger charge is -1.96. The second-order valence-corrected chi connectivity index (χ2v) is 4.36. The zero-order valence-corrected chi connectivity index (χ0v) is 11.3. The molecule has 0 atom stereocenters. The van der Waals surface area contributed by atoms with E-state index in [0.717, 1.165) is 11.3 Å². The van der Waals surface area contributed by atoms with Gasteiger partial charge in [-0.3, -0.25) is 0 Å². The van der Waals surface area contributed by atoms with Crippen molar-refractivity contribution in [1.82, 2.24) is 4.98 Å². The van der Waals surface area contributed by atoms with E-state index in [1.807, 2.05) is 51.1 Å². The van der Waals surface area contributed by atoms with Gasteiger partial charge in [0, 0.05) is 5.69 Å². The predicted molar refractivity (Wildman–Crippen MR) is 86.0 cm³/mol. The van der Waals surface area contributed by atoms with Crippen LogP contribution in [-0.4, -0.2) is 4.98 Å². The topological polar surface area (TPSA) is 38.9 Å². The van der Waals surface area contributed by atoms with Gasteiger partial charge >= 0.3 is 0 Å². The second-order valence-electron chi connectivity index (χ2n) is 4.36. The Morgan fingerprint density at radius 1 is 1.11 bits per heavy atom. The van der Waals surface area contributed by atoms with Crippen LogP contribution >= 0.6 is 0 Å². The highest BCUT2D eigenvalue weighted by molar-refractivity contribution is 5.60. The van der Waals surface area contributed by atoms with Crippen LogP contribution in [0.15, 0.2) is 49.0 Å². The van der Waals surface area contributed by atoms with Crippen molar-refractivity contribution in [3.8, 4) is 0 Å². The third-order valence-corrected chi connectivity index (χ3v) is 2.38. The van der Waals surface area contributed by atoms with E-state index >= 15 is 0 Å². The van der Waals surface area contributed by atoms with E-state index in [1.165, 1.54) is 11.1 Å². The molecule has 0 saturated heterocycles. The first-order valence-corrected chi connectivity index (χ1v) is 5.90. The van der Waals surface area contributed by atoms with Crippen LogP contribution in [0.2, 0.25) is 0 Å². The largest absolute Gasteiger partial charge is 0.384 e. The van der Waals surface area contributed by atoms with Gasteiger partial charge in [0.05, 0.1) is 0 Å². The summed E-state index contributed by atoms with van der Waals surface area (Å²) in [4.78, 5) is 4.01. The maximum atomic E-state index is 5.45. The molecule has 0 amide bonds. The average molecular weight is 256 g/mol. The fraction of sp³-hybridized carbons (Fsp3) is 0.235. The lowest BCUT2D eigenvalue weighted by Crippen LogP contribution is -1.92. The number of allylic oxidation sites excluding steroid dienone is 1. The molecule has 0 fully saturated rings. The molecule has 1 aromatic carbocycles. The first-order valence-electron chi connectivity index (χ1n) is 5.90. The molecule has 0 bridgehead atoms. The van der Waals surface area contributed by atoms with Gasteiger partial charge in [0.1, 0.15) is 5.82 Å². The van der Waals surface area contributed by atoms with Crippen LogP contribution in [0.4, 0.5) is 5.82 Å². The molecule has 2 aromatic rings. The van der Waals surface area contributed by atoms with Gasteiger partial charge < -0.3 is 5.73 Å². The summed E-state index contributed by atoms with van der Waals surface area (Å²) < 4.78 is 0. The van der Waals surface area contributed by atoms with E-state index in [4.69, 9.17) is 5.73 Å². The lowest BCUT2D eigenvalue weighted by molar-refractivity contribution is 1.19. The Kier molecular flexibility index (Phi) is 7.20. The Balaban J connectivity index is 0.000000324. The minimum atomic E-state index is 0. The Labute approximate surface area is 117 Å². The number of benzene rings is 1. The standard InChI is InChI=1S/C9H10.C7H10N2.CH4/c1-8(2)9-6-4-3-5-7-9;1-5-3-6(2)9-7(8)4-5;/h3-7H,1H2,2H3;3-4H,1-2H3,(H2,8,9);1H4. The quantitative estimate of drug-likeness (QED) is 0.807. The number of nitrogen functional groups attached to an aromatic ring is 1. The number of rotatable bonds is 1. The van der Waals surface area contributed by atoms with Crippen LogP contribution in [0.5, 0.6) is 0 Å². The number of pyridine rings is 1. The average Bonchev–Trinajstić information content (AvgIpc) is 2.29. The summed E-state index contributed by atoms with van der Waals surface area (Å²) in [7, 11) is 0. The first kappa shape index (κ1) is 16.9. The molecule has 2 N–H and O–H groups in total. The maximum Gasteiger partial charge on any atom is 0.123 e. The van der Waals surface area contributed by atoms with E-state index in [0.29, 0.717) is 5.82 Å². The predicted octanol–water partition coefficient (Wildman–Crippen LogP) is 4.64. The summed E-state index contributed by atoms with van der Waals surface area (Å²) in [5.74, 6) is 0.604. The monoisotopic (exact) mass is 256 g/mol. The summed E-state index contributed by atoms with van der Waals surface area (Å²) in [5, 5.41) is 0. The van der Waals surface area contributed by atoms with Gasteiger partial charge in [-0.25, -0.2) is 4.98 Å². The van der Waals surface area contributed by atoms with Gasteiger partial charge in [-0.15, -0.1) is 0 Å². The Morgan fingerprint density at radius 2 is 1.68 bits per heavy atom. The number of nitrogens with two attached hydrogens (primary N) is 1. The van der Waals surface area contributed by atoms with Crippen molar-refractivity contribution >= 4 is 11.4 Å². The highest BCUT2D eigenvalue weighted by Crippen LogP contribution is 2.08. The maximum absolute atomic E-state index is 5.45. The van der Waals surface area contributed by atoms with Gasteiger partial charge in [-0.2, -0.15) is 0 Å². The number of aryl methyl sites for hydroxylation is 2. The zero-order valence-electron chi connectivity index (χ0n) is 11.3. The lowest BCUT2D eigenvalue weighted by atomic mass is 10.1. The minimum absolute atomic E-state index is 0. The molecule has 0 saturated carbocycles. The van der Waals surface area contributed by atoms with E-state index in [2.05, 4.69) is 23.7 Å². The van der Waals surface area contributed by atoms with Crippen molar-refractivity contribution < 1.29 is 0 Å². The molecule has 0 aliphatic carbocycles. The number of hydrogen-bond donors (Lipinski definition) is 1. The van der Waals surface area contributed by atoms with Crippen molar-refractivity contribution in [1.29, 1.82) is 0 Å².